The molecule has 14 heavy (non-hydrogen) atoms. The molecule has 2 nitrogen and oxygen atoms in total. The highest BCUT2D eigenvalue weighted by atomic mass is 32.1. The molecule has 1 heterocycles. The normalized spacial score (nSPS) is 10.4. The molecule has 78 valence electrons. The van der Waals surface area contributed by atoms with Gasteiger partial charge in [-0.25, -0.2) is 4.98 Å². The van der Waals surface area contributed by atoms with Gasteiger partial charge >= 0.3 is 0 Å². The lowest BCUT2D eigenvalue weighted by Gasteiger charge is -1.97. The fourth-order valence-corrected chi connectivity index (χ4v) is 2.11. The smallest absolute Gasteiger partial charge is 0.139 e. The summed E-state index contributed by atoms with van der Waals surface area (Å²) in [5.41, 5.74) is 1.02. The molecule has 0 spiro atoms. The maximum Gasteiger partial charge on any atom is 0.139 e. The van der Waals surface area contributed by atoms with Gasteiger partial charge in [0.05, 0.1) is 6.42 Å². The van der Waals surface area contributed by atoms with Crippen LogP contribution in [0, 0.1) is 6.92 Å². The van der Waals surface area contributed by atoms with Gasteiger partial charge < -0.3 is 0 Å². The Balaban J connectivity index is 2.27. The number of carbonyl (C=O) groups excluding carboxylic acids is 1. The van der Waals surface area contributed by atoms with Crippen molar-refractivity contribution in [1.82, 2.24) is 4.98 Å². The largest absolute Gasteiger partial charge is 0.299 e. The van der Waals surface area contributed by atoms with E-state index in [9.17, 15) is 4.79 Å². The van der Waals surface area contributed by atoms with Crippen molar-refractivity contribution in [2.45, 2.75) is 46.0 Å². The zero-order chi connectivity index (χ0) is 10.4. The van der Waals surface area contributed by atoms with E-state index in [4.69, 9.17) is 0 Å². The molecule has 0 aromatic carbocycles. The molecule has 0 amide bonds. The summed E-state index contributed by atoms with van der Waals surface area (Å²) in [4.78, 5) is 15.7. The summed E-state index contributed by atoms with van der Waals surface area (Å²) in [7, 11) is 0. The average Bonchev–Trinajstić information content (AvgIpc) is 2.52. The van der Waals surface area contributed by atoms with E-state index in [0.29, 0.717) is 18.6 Å². The topological polar surface area (TPSA) is 30.0 Å². The molecule has 0 atom stereocenters. The van der Waals surface area contributed by atoms with E-state index in [0.717, 1.165) is 23.5 Å². The van der Waals surface area contributed by atoms with Crippen LogP contribution in [0.5, 0.6) is 0 Å². The van der Waals surface area contributed by atoms with Gasteiger partial charge in [-0.05, 0) is 13.3 Å². The first kappa shape index (κ1) is 11.4. The van der Waals surface area contributed by atoms with Gasteiger partial charge in [0.2, 0.25) is 0 Å². The van der Waals surface area contributed by atoms with Crippen molar-refractivity contribution in [3.63, 3.8) is 0 Å². The lowest BCUT2D eigenvalue weighted by Crippen LogP contribution is -2.02. The van der Waals surface area contributed by atoms with Crippen LogP contribution >= 0.6 is 11.3 Å². The van der Waals surface area contributed by atoms with Gasteiger partial charge in [0.15, 0.2) is 0 Å². The molecular formula is C11H17NOS. The third-order valence-corrected chi connectivity index (χ3v) is 3.04. The highest BCUT2D eigenvalue weighted by molar-refractivity contribution is 7.09. The Kier molecular flexibility index (Phi) is 4.80. The zero-order valence-electron chi connectivity index (χ0n) is 8.88. The molecule has 0 radical (unpaired) electrons. The number of nitrogens with zero attached hydrogens (tertiary/aromatic N) is 1. The van der Waals surface area contributed by atoms with Crippen LogP contribution in [0.15, 0.2) is 5.38 Å². The Bertz CT molecular complexity index is 293. The van der Waals surface area contributed by atoms with Crippen LogP contribution in [0.4, 0.5) is 0 Å². The number of carbonyl (C=O) groups is 1. The second-order valence-corrected chi connectivity index (χ2v) is 4.50. The van der Waals surface area contributed by atoms with Gasteiger partial charge in [-0.15, -0.1) is 11.3 Å². The highest BCUT2D eigenvalue weighted by Gasteiger charge is 2.06. The predicted molar refractivity (Wildman–Crippen MR) is 59.7 cm³/mol. The first-order valence-corrected chi connectivity index (χ1v) is 6.03. The van der Waals surface area contributed by atoms with Gasteiger partial charge in [0, 0.05) is 17.5 Å². The molecule has 1 rings (SSSR count). The van der Waals surface area contributed by atoms with Crippen LogP contribution in [0.3, 0.4) is 0 Å². The van der Waals surface area contributed by atoms with Crippen LogP contribution in [-0.2, 0) is 11.2 Å². The standard InChI is InChI=1S/C11H17NOS/c1-3-4-5-6-10(13)7-11-12-9(2)8-14-11/h8H,3-7H2,1-2H3. The molecule has 0 saturated carbocycles. The minimum atomic E-state index is 0.327. The van der Waals surface area contributed by atoms with Crippen molar-refractivity contribution in [3.05, 3.63) is 16.1 Å². The Morgan fingerprint density at radius 2 is 2.29 bits per heavy atom. The van der Waals surface area contributed by atoms with E-state index < -0.39 is 0 Å². The van der Waals surface area contributed by atoms with Crippen molar-refractivity contribution in [2.75, 3.05) is 0 Å². The van der Waals surface area contributed by atoms with Crippen molar-refractivity contribution in [3.8, 4) is 0 Å². The van der Waals surface area contributed by atoms with E-state index in [1.165, 1.54) is 6.42 Å². The molecule has 3 heteroatoms. The Morgan fingerprint density at radius 1 is 1.50 bits per heavy atom. The third kappa shape index (κ3) is 4.01. The monoisotopic (exact) mass is 211 g/mol. The molecule has 1 aromatic heterocycles. The molecule has 0 N–H and O–H groups in total. The van der Waals surface area contributed by atoms with Gasteiger partial charge in [-0.1, -0.05) is 19.8 Å². The Labute approximate surface area is 89.4 Å². The van der Waals surface area contributed by atoms with Gasteiger partial charge in [0.25, 0.3) is 0 Å². The van der Waals surface area contributed by atoms with Crippen molar-refractivity contribution < 1.29 is 4.79 Å². The lowest BCUT2D eigenvalue weighted by molar-refractivity contribution is -0.118. The molecule has 0 fully saturated rings. The number of hydrogen-bond donors (Lipinski definition) is 0. The quantitative estimate of drug-likeness (QED) is 0.677. The maximum atomic E-state index is 11.5. The number of ketones is 1. The molecule has 0 aliphatic carbocycles. The summed E-state index contributed by atoms with van der Waals surface area (Å²) < 4.78 is 0. The van der Waals surface area contributed by atoms with Crippen molar-refractivity contribution in [1.29, 1.82) is 0 Å². The maximum absolute atomic E-state index is 11.5. The van der Waals surface area contributed by atoms with E-state index in [1.54, 1.807) is 11.3 Å². The fourth-order valence-electron chi connectivity index (χ4n) is 1.31. The van der Waals surface area contributed by atoms with E-state index in [1.807, 2.05) is 12.3 Å². The van der Waals surface area contributed by atoms with Crippen LogP contribution < -0.4 is 0 Å². The molecule has 0 unspecified atom stereocenters. The SMILES string of the molecule is CCCCCC(=O)Cc1nc(C)cs1. The van der Waals surface area contributed by atoms with Crippen molar-refractivity contribution >= 4 is 17.1 Å². The number of Topliss-reactive ketones (excluding diaryl/α,β-unsaturated/α-hetero) is 1. The van der Waals surface area contributed by atoms with Gasteiger partial charge in [-0.3, -0.25) is 4.79 Å². The van der Waals surface area contributed by atoms with E-state index in [2.05, 4.69) is 11.9 Å². The Morgan fingerprint density at radius 3 is 2.86 bits per heavy atom. The van der Waals surface area contributed by atoms with E-state index >= 15 is 0 Å². The fraction of sp³-hybridized carbons (Fsp3) is 0.636. The summed E-state index contributed by atoms with van der Waals surface area (Å²) in [6.45, 7) is 4.11. The van der Waals surface area contributed by atoms with Crippen LogP contribution in [-0.4, -0.2) is 10.8 Å². The first-order chi connectivity index (χ1) is 6.72. The lowest BCUT2D eigenvalue weighted by atomic mass is 10.1. The first-order valence-electron chi connectivity index (χ1n) is 5.15. The number of aryl methyl sites for hydroxylation is 1. The summed E-state index contributed by atoms with van der Waals surface area (Å²) >= 11 is 1.59. The van der Waals surface area contributed by atoms with Gasteiger partial charge in [0.1, 0.15) is 10.8 Å². The predicted octanol–water partition coefficient (Wildman–Crippen LogP) is 3.14. The molecule has 0 bridgehead atoms. The third-order valence-electron chi connectivity index (χ3n) is 2.07. The minimum Gasteiger partial charge on any atom is -0.299 e. The summed E-state index contributed by atoms with van der Waals surface area (Å²) in [6, 6.07) is 0. The number of aromatic nitrogens is 1. The summed E-state index contributed by atoms with van der Waals surface area (Å²) in [5.74, 6) is 0.327. The van der Waals surface area contributed by atoms with Crippen LogP contribution in [0.25, 0.3) is 0 Å². The minimum absolute atomic E-state index is 0.327. The van der Waals surface area contributed by atoms with Crippen LogP contribution in [0.1, 0.15) is 43.3 Å². The summed E-state index contributed by atoms with van der Waals surface area (Å²) in [6.07, 6.45) is 4.60. The number of rotatable bonds is 6. The molecule has 0 aliphatic rings. The second kappa shape index (κ2) is 5.91. The average molecular weight is 211 g/mol. The molecule has 0 aliphatic heterocycles. The molecule has 1 aromatic rings. The van der Waals surface area contributed by atoms with E-state index in [-0.39, 0.29) is 0 Å². The number of hydrogen-bond acceptors (Lipinski definition) is 3. The second-order valence-electron chi connectivity index (χ2n) is 3.56. The zero-order valence-corrected chi connectivity index (χ0v) is 9.69. The Hall–Kier alpha value is -0.700. The highest BCUT2D eigenvalue weighted by Crippen LogP contribution is 2.11. The van der Waals surface area contributed by atoms with Gasteiger partial charge in [-0.2, -0.15) is 0 Å². The van der Waals surface area contributed by atoms with Crippen molar-refractivity contribution in [2.24, 2.45) is 0 Å². The number of thiazole rings is 1. The molecular weight excluding hydrogens is 194 g/mol. The summed E-state index contributed by atoms with van der Waals surface area (Å²) in [5, 5.41) is 2.96. The van der Waals surface area contributed by atoms with Crippen LogP contribution in [0.2, 0.25) is 0 Å². The molecule has 0 saturated heterocycles. The number of unbranched alkanes of at least 4 members (excludes halogenated alkanes) is 2.